The average molecular weight is 370 g/mol. The molecule has 3 amide bonds. The number of nitrogens with one attached hydrogen (secondary N) is 1. The van der Waals surface area contributed by atoms with Gasteiger partial charge in [-0.3, -0.25) is 14.6 Å². The van der Waals surface area contributed by atoms with Gasteiger partial charge in [-0.1, -0.05) is 29.8 Å². The van der Waals surface area contributed by atoms with Crippen LogP contribution < -0.4 is 5.32 Å². The minimum absolute atomic E-state index is 0.0238. The molecule has 0 unspecified atom stereocenters. The summed E-state index contributed by atoms with van der Waals surface area (Å²) < 4.78 is 5.38. The van der Waals surface area contributed by atoms with E-state index in [9.17, 15) is 9.59 Å². The standard InChI is InChI=1S/C20H26N4O3/c1-14-3-5-15(6-4-14)18-17-16(22(2)20(26)21-18)13-24(19(17)25)8-7-23-9-11-27-12-10-23/h3-6,18H,7-13H2,1-2H3,(H,21,26)/t18-/m0/s1. The Morgan fingerprint density at radius 2 is 1.81 bits per heavy atom. The third-order valence-electron chi connectivity index (χ3n) is 5.64. The number of urea groups is 1. The largest absolute Gasteiger partial charge is 0.379 e. The molecule has 0 spiro atoms. The Bertz CT molecular complexity index is 768. The molecule has 0 bridgehead atoms. The van der Waals surface area contributed by atoms with E-state index < -0.39 is 0 Å². The van der Waals surface area contributed by atoms with E-state index in [-0.39, 0.29) is 18.0 Å². The second kappa shape index (κ2) is 7.32. The lowest BCUT2D eigenvalue weighted by molar-refractivity contribution is -0.126. The first kappa shape index (κ1) is 18.0. The van der Waals surface area contributed by atoms with E-state index >= 15 is 0 Å². The Morgan fingerprint density at radius 3 is 2.52 bits per heavy atom. The summed E-state index contributed by atoms with van der Waals surface area (Å²) >= 11 is 0. The van der Waals surface area contributed by atoms with Crippen molar-refractivity contribution in [1.82, 2.24) is 20.0 Å². The lowest BCUT2D eigenvalue weighted by atomic mass is 9.95. The quantitative estimate of drug-likeness (QED) is 0.863. The second-order valence-corrected chi connectivity index (χ2v) is 7.39. The average Bonchev–Trinajstić information content (AvgIpc) is 3.01. The number of amides is 3. The third-order valence-corrected chi connectivity index (χ3v) is 5.64. The maximum Gasteiger partial charge on any atom is 0.322 e. The van der Waals surface area contributed by atoms with Gasteiger partial charge in [0, 0.05) is 33.2 Å². The van der Waals surface area contributed by atoms with Crippen LogP contribution in [-0.2, 0) is 9.53 Å². The van der Waals surface area contributed by atoms with Crippen molar-refractivity contribution in [3.05, 3.63) is 46.7 Å². The van der Waals surface area contributed by atoms with Crippen LogP contribution in [0.5, 0.6) is 0 Å². The van der Waals surface area contributed by atoms with Crippen molar-refractivity contribution < 1.29 is 14.3 Å². The summed E-state index contributed by atoms with van der Waals surface area (Å²) in [6.45, 7) is 7.31. The fourth-order valence-electron chi connectivity index (χ4n) is 3.90. The minimum atomic E-state index is -0.384. The molecule has 1 saturated heterocycles. The highest BCUT2D eigenvalue weighted by molar-refractivity contribution is 6.01. The Balaban J connectivity index is 1.53. The first-order valence-electron chi connectivity index (χ1n) is 9.48. The number of rotatable bonds is 4. The van der Waals surface area contributed by atoms with Crippen molar-refractivity contribution in [2.45, 2.75) is 13.0 Å². The molecule has 1 fully saturated rings. The molecule has 144 valence electrons. The van der Waals surface area contributed by atoms with Crippen LogP contribution >= 0.6 is 0 Å². The predicted octanol–water partition coefficient (Wildman–Crippen LogP) is 1.12. The van der Waals surface area contributed by atoms with E-state index in [2.05, 4.69) is 10.2 Å². The smallest absolute Gasteiger partial charge is 0.322 e. The van der Waals surface area contributed by atoms with Crippen LogP contribution in [0.25, 0.3) is 0 Å². The summed E-state index contributed by atoms with van der Waals surface area (Å²) in [6, 6.07) is 7.44. The third kappa shape index (κ3) is 3.44. The maximum atomic E-state index is 13.2. The molecule has 3 heterocycles. The zero-order valence-electron chi connectivity index (χ0n) is 15.9. The number of likely N-dealkylation sites (N-methyl/N-ethyl adjacent to an activating group) is 1. The fourth-order valence-corrected chi connectivity index (χ4v) is 3.90. The highest BCUT2D eigenvalue weighted by Crippen LogP contribution is 2.35. The van der Waals surface area contributed by atoms with E-state index in [1.807, 2.05) is 36.1 Å². The number of carbonyl (C=O) groups excluding carboxylic acids is 2. The van der Waals surface area contributed by atoms with Crippen molar-refractivity contribution in [1.29, 1.82) is 0 Å². The summed E-state index contributed by atoms with van der Waals surface area (Å²) in [4.78, 5) is 31.4. The SMILES string of the molecule is Cc1ccc([C@@H]2NC(=O)N(C)C3=C2C(=O)N(CCN2CCOCC2)C3)cc1. The number of nitrogens with zero attached hydrogens (tertiary/aromatic N) is 3. The van der Waals surface area contributed by atoms with E-state index in [0.29, 0.717) is 18.7 Å². The van der Waals surface area contributed by atoms with Crippen molar-refractivity contribution in [3.8, 4) is 0 Å². The molecule has 1 aromatic carbocycles. The molecule has 27 heavy (non-hydrogen) atoms. The molecule has 3 aliphatic rings. The molecule has 0 aliphatic carbocycles. The number of ether oxygens (including phenoxy) is 1. The number of hydrogen-bond acceptors (Lipinski definition) is 4. The number of carbonyl (C=O) groups is 2. The van der Waals surface area contributed by atoms with Crippen LogP contribution in [0, 0.1) is 6.92 Å². The minimum Gasteiger partial charge on any atom is -0.379 e. The molecule has 1 N–H and O–H groups in total. The first-order chi connectivity index (χ1) is 13.0. The molecule has 0 aromatic heterocycles. The van der Waals surface area contributed by atoms with Gasteiger partial charge in [0.05, 0.1) is 37.1 Å². The van der Waals surface area contributed by atoms with Gasteiger partial charge >= 0.3 is 6.03 Å². The first-order valence-corrected chi connectivity index (χ1v) is 9.48. The fraction of sp³-hybridized carbons (Fsp3) is 0.500. The van der Waals surface area contributed by atoms with Crippen molar-refractivity contribution in [2.75, 3.05) is 53.0 Å². The van der Waals surface area contributed by atoms with Crippen molar-refractivity contribution >= 4 is 11.9 Å². The van der Waals surface area contributed by atoms with E-state index in [1.165, 1.54) is 0 Å². The predicted molar refractivity (Wildman–Crippen MR) is 101 cm³/mol. The molecular formula is C20H26N4O3. The Hall–Kier alpha value is -2.38. The van der Waals surface area contributed by atoms with Gasteiger partial charge < -0.3 is 15.0 Å². The van der Waals surface area contributed by atoms with Gasteiger partial charge in [0.15, 0.2) is 0 Å². The monoisotopic (exact) mass is 370 g/mol. The zero-order chi connectivity index (χ0) is 19.0. The molecule has 7 heteroatoms. The van der Waals surface area contributed by atoms with Crippen LogP contribution in [0.2, 0.25) is 0 Å². The summed E-state index contributed by atoms with van der Waals surface area (Å²) in [6.07, 6.45) is 0. The van der Waals surface area contributed by atoms with Gasteiger partial charge in [0.2, 0.25) is 0 Å². The van der Waals surface area contributed by atoms with Crippen LogP contribution in [0.4, 0.5) is 4.79 Å². The molecule has 0 saturated carbocycles. The number of aryl methyl sites for hydroxylation is 1. The van der Waals surface area contributed by atoms with Gasteiger partial charge in [-0.2, -0.15) is 0 Å². The van der Waals surface area contributed by atoms with Crippen LogP contribution in [-0.4, -0.2) is 79.6 Å². The van der Waals surface area contributed by atoms with Gasteiger partial charge in [-0.15, -0.1) is 0 Å². The molecule has 3 aliphatic heterocycles. The Morgan fingerprint density at radius 1 is 1.11 bits per heavy atom. The van der Waals surface area contributed by atoms with Gasteiger partial charge in [0.1, 0.15) is 0 Å². The van der Waals surface area contributed by atoms with E-state index in [1.54, 1.807) is 11.9 Å². The normalized spacial score (nSPS) is 23.7. The zero-order valence-corrected chi connectivity index (χ0v) is 15.9. The summed E-state index contributed by atoms with van der Waals surface area (Å²) in [5.41, 5.74) is 3.61. The molecular weight excluding hydrogens is 344 g/mol. The van der Waals surface area contributed by atoms with Crippen LogP contribution in [0.3, 0.4) is 0 Å². The van der Waals surface area contributed by atoms with Crippen molar-refractivity contribution in [3.63, 3.8) is 0 Å². The Labute approximate surface area is 159 Å². The summed E-state index contributed by atoms with van der Waals surface area (Å²) in [5.74, 6) is 0.0238. The number of morpholine rings is 1. The van der Waals surface area contributed by atoms with Crippen LogP contribution in [0.1, 0.15) is 17.2 Å². The number of hydrogen-bond donors (Lipinski definition) is 1. The lowest BCUT2D eigenvalue weighted by Gasteiger charge is -2.31. The van der Waals surface area contributed by atoms with Gasteiger partial charge in [-0.05, 0) is 12.5 Å². The summed E-state index contributed by atoms with van der Waals surface area (Å²) in [7, 11) is 1.73. The van der Waals surface area contributed by atoms with Gasteiger partial charge in [-0.25, -0.2) is 4.79 Å². The topological polar surface area (TPSA) is 65.1 Å². The van der Waals surface area contributed by atoms with E-state index in [0.717, 1.165) is 49.7 Å². The number of benzene rings is 1. The van der Waals surface area contributed by atoms with Crippen LogP contribution in [0.15, 0.2) is 35.5 Å². The van der Waals surface area contributed by atoms with Crippen molar-refractivity contribution in [2.24, 2.45) is 0 Å². The maximum absolute atomic E-state index is 13.2. The second-order valence-electron chi connectivity index (χ2n) is 7.39. The molecule has 1 atom stereocenters. The molecule has 7 nitrogen and oxygen atoms in total. The highest BCUT2D eigenvalue weighted by Gasteiger charge is 2.42. The molecule has 1 aromatic rings. The molecule has 0 radical (unpaired) electrons. The highest BCUT2D eigenvalue weighted by atomic mass is 16.5. The van der Waals surface area contributed by atoms with Gasteiger partial charge in [0.25, 0.3) is 5.91 Å². The Kier molecular flexibility index (Phi) is 4.88. The summed E-state index contributed by atoms with van der Waals surface area (Å²) in [5, 5.41) is 2.98. The molecule has 4 rings (SSSR count). The lowest BCUT2D eigenvalue weighted by Crippen LogP contribution is -2.45. The van der Waals surface area contributed by atoms with E-state index in [4.69, 9.17) is 4.74 Å².